The summed E-state index contributed by atoms with van der Waals surface area (Å²) in [6.45, 7) is 13.2. The lowest BCUT2D eigenvalue weighted by atomic mass is 10.1. The molecule has 2 N–H and O–H groups in total. The second kappa shape index (κ2) is 19.0. The van der Waals surface area contributed by atoms with Crippen LogP contribution in [0.5, 0.6) is 0 Å². The molecule has 0 bridgehead atoms. The predicted molar refractivity (Wildman–Crippen MR) is 225 cm³/mol. The van der Waals surface area contributed by atoms with E-state index < -0.39 is 17.7 Å². The molecule has 4 atom stereocenters. The standard InChI is InChI=1S/C46H56N6O6/c1-45(2,3)57-38-26-40(51(30-38)42(53)25-35-10-8-23-48-29-35)43(54)49-36-17-13-32(14-18-36)11-12-33-15-19-37(20-16-33)50-44(55)41-27-39(58-46(4,5)6)31-52(41)56-24-21-34-9-7-22-47-28-34/h7-20,22-23,28-29,38-41H,21,24-27,30-31H2,1-6H3,(H,49,54)(H,50,55)/b12-11+/t38-,39-,40+,41+/m1/s1. The van der Waals surface area contributed by atoms with E-state index in [0.717, 1.165) is 22.3 Å². The minimum atomic E-state index is -0.656. The Hall–Kier alpha value is -5.27. The first-order chi connectivity index (χ1) is 27.7. The molecule has 12 heteroatoms. The molecule has 0 saturated carbocycles. The fourth-order valence-electron chi connectivity index (χ4n) is 7.25. The van der Waals surface area contributed by atoms with Crippen LogP contribution in [0.3, 0.4) is 0 Å². The van der Waals surface area contributed by atoms with E-state index in [0.29, 0.717) is 50.3 Å². The Bertz CT molecular complexity index is 2000. The van der Waals surface area contributed by atoms with Crippen molar-refractivity contribution in [3.63, 3.8) is 0 Å². The molecule has 0 spiro atoms. The van der Waals surface area contributed by atoms with Crippen molar-refractivity contribution < 1.29 is 28.7 Å². The maximum absolute atomic E-state index is 13.6. The number of anilines is 2. The number of likely N-dealkylation sites (tertiary alicyclic amines) is 1. The molecule has 2 aliphatic rings. The van der Waals surface area contributed by atoms with Crippen LogP contribution < -0.4 is 10.6 Å². The van der Waals surface area contributed by atoms with Gasteiger partial charge in [0.15, 0.2) is 0 Å². The van der Waals surface area contributed by atoms with Gasteiger partial charge in [-0.1, -0.05) is 48.6 Å². The third-order valence-electron chi connectivity index (χ3n) is 9.72. The number of ether oxygens (including phenoxy) is 2. The van der Waals surface area contributed by atoms with Gasteiger partial charge in [0, 0.05) is 55.5 Å². The zero-order valence-electron chi connectivity index (χ0n) is 34.4. The number of hydrogen-bond donors (Lipinski definition) is 2. The molecule has 4 aromatic rings. The largest absolute Gasteiger partial charge is 0.371 e. The number of carbonyl (C=O) groups is 3. The van der Waals surface area contributed by atoms with E-state index in [2.05, 4.69) is 20.6 Å². The number of nitrogens with zero attached hydrogens (tertiary/aromatic N) is 4. The van der Waals surface area contributed by atoms with Gasteiger partial charge in [-0.2, -0.15) is 5.06 Å². The van der Waals surface area contributed by atoms with E-state index in [1.165, 1.54) is 0 Å². The summed E-state index contributed by atoms with van der Waals surface area (Å²) in [5, 5.41) is 7.83. The molecule has 0 unspecified atom stereocenters. The van der Waals surface area contributed by atoms with Crippen LogP contribution in [0.15, 0.2) is 97.6 Å². The third kappa shape index (κ3) is 12.6. The molecule has 2 saturated heterocycles. The second-order valence-corrected chi connectivity index (χ2v) is 16.9. The van der Waals surface area contributed by atoms with Gasteiger partial charge in [-0.15, -0.1) is 0 Å². The van der Waals surface area contributed by atoms with Crippen molar-refractivity contribution in [2.24, 2.45) is 0 Å². The molecule has 4 heterocycles. The van der Waals surface area contributed by atoms with Gasteiger partial charge in [-0.25, -0.2) is 0 Å². The number of benzene rings is 2. The summed E-state index contributed by atoms with van der Waals surface area (Å²) >= 11 is 0. The highest BCUT2D eigenvalue weighted by atomic mass is 16.7. The first-order valence-electron chi connectivity index (χ1n) is 20.0. The van der Waals surface area contributed by atoms with Crippen LogP contribution >= 0.6 is 0 Å². The Morgan fingerprint density at radius 2 is 1.19 bits per heavy atom. The zero-order chi connectivity index (χ0) is 41.3. The van der Waals surface area contributed by atoms with Crippen LogP contribution in [0.4, 0.5) is 11.4 Å². The van der Waals surface area contributed by atoms with Gasteiger partial charge in [0.1, 0.15) is 12.1 Å². The summed E-state index contributed by atoms with van der Waals surface area (Å²) in [6.07, 6.45) is 12.3. The number of hydroxylamine groups is 2. The van der Waals surface area contributed by atoms with Gasteiger partial charge in [0.25, 0.3) is 0 Å². The van der Waals surface area contributed by atoms with Crippen LogP contribution in [0.25, 0.3) is 12.2 Å². The number of amides is 3. The molecule has 12 nitrogen and oxygen atoms in total. The molecule has 3 amide bonds. The van der Waals surface area contributed by atoms with Crippen LogP contribution in [0.2, 0.25) is 0 Å². The molecule has 6 rings (SSSR count). The first kappa shape index (κ1) is 42.3. The summed E-state index contributed by atoms with van der Waals surface area (Å²) in [4.78, 5) is 56.6. The van der Waals surface area contributed by atoms with Gasteiger partial charge in [-0.05, 0) is 107 Å². The Balaban J connectivity index is 1.02. The summed E-state index contributed by atoms with van der Waals surface area (Å²) in [7, 11) is 0. The number of pyridine rings is 2. The average molecular weight is 789 g/mol. The zero-order valence-corrected chi connectivity index (χ0v) is 34.4. The highest BCUT2D eigenvalue weighted by Gasteiger charge is 2.42. The lowest BCUT2D eigenvalue weighted by Gasteiger charge is -2.25. The lowest BCUT2D eigenvalue weighted by molar-refractivity contribution is -0.178. The number of rotatable bonds is 14. The molecular formula is C46H56N6O6. The number of carbonyl (C=O) groups excluding carboxylic acids is 3. The monoisotopic (exact) mass is 788 g/mol. The van der Waals surface area contributed by atoms with Crippen LogP contribution in [-0.2, 0) is 41.5 Å². The van der Waals surface area contributed by atoms with Crippen molar-refractivity contribution in [2.75, 3.05) is 30.3 Å². The van der Waals surface area contributed by atoms with Crippen molar-refractivity contribution in [1.82, 2.24) is 19.9 Å². The lowest BCUT2D eigenvalue weighted by Crippen LogP contribution is -2.44. The van der Waals surface area contributed by atoms with E-state index in [-0.39, 0.29) is 42.0 Å². The second-order valence-electron chi connectivity index (χ2n) is 16.9. The smallest absolute Gasteiger partial charge is 0.247 e. The maximum Gasteiger partial charge on any atom is 0.247 e. The van der Waals surface area contributed by atoms with Crippen LogP contribution in [-0.4, -0.2) is 92.8 Å². The van der Waals surface area contributed by atoms with Gasteiger partial charge in [0.05, 0.1) is 43.0 Å². The summed E-state index contributed by atoms with van der Waals surface area (Å²) < 4.78 is 12.4. The Morgan fingerprint density at radius 1 is 0.690 bits per heavy atom. The van der Waals surface area contributed by atoms with Gasteiger partial charge >= 0.3 is 0 Å². The molecule has 2 aromatic carbocycles. The predicted octanol–water partition coefficient (Wildman–Crippen LogP) is 6.98. The molecule has 0 aliphatic carbocycles. The molecular weight excluding hydrogens is 733 g/mol. The number of hydrogen-bond acceptors (Lipinski definition) is 9. The van der Waals surface area contributed by atoms with E-state index >= 15 is 0 Å². The minimum Gasteiger partial charge on any atom is -0.371 e. The Morgan fingerprint density at radius 3 is 1.71 bits per heavy atom. The normalized spacial score (nSPS) is 20.1. The van der Waals surface area contributed by atoms with Crippen LogP contribution in [0, 0.1) is 0 Å². The molecule has 2 fully saturated rings. The van der Waals surface area contributed by atoms with Crippen molar-refractivity contribution in [1.29, 1.82) is 0 Å². The van der Waals surface area contributed by atoms with Gasteiger partial charge in [0.2, 0.25) is 17.7 Å². The number of nitrogens with one attached hydrogen (secondary N) is 2. The molecule has 0 radical (unpaired) electrons. The van der Waals surface area contributed by atoms with Crippen LogP contribution in [0.1, 0.15) is 76.6 Å². The Labute approximate surface area is 341 Å². The SMILES string of the molecule is CC(C)(C)O[C@@H]1C[C@@H](C(=O)Nc2ccc(/C=C/c3ccc(NC(=O)[C@@H]4C[C@@H](OC(C)(C)C)CN4C(=O)Cc4cccnc4)cc3)cc2)N(OCCc2cccnc2)C1. The molecule has 58 heavy (non-hydrogen) atoms. The van der Waals surface area contributed by atoms with E-state index in [9.17, 15) is 14.4 Å². The first-order valence-corrected chi connectivity index (χ1v) is 20.0. The van der Waals surface area contributed by atoms with Crippen molar-refractivity contribution in [3.8, 4) is 0 Å². The summed E-state index contributed by atoms with van der Waals surface area (Å²) in [5.74, 6) is -0.531. The fourth-order valence-corrected chi connectivity index (χ4v) is 7.25. The Kier molecular flexibility index (Phi) is 13.9. The maximum atomic E-state index is 13.6. The molecule has 2 aliphatic heterocycles. The molecule has 306 valence electrons. The van der Waals surface area contributed by atoms with Crippen molar-refractivity contribution >= 4 is 41.2 Å². The average Bonchev–Trinajstić information content (AvgIpc) is 3.78. The third-order valence-corrected chi connectivity index (χ3v) is 9.72. The van der Waals surface area contributed by atoms with E-state index in [1.54, 1.807) is 34.6 Å². The van der Waals surface area contributed by atoms with E-state index in [1.807, 2.05) is 127 Å². The summed E-state index contributed by atoms with van der Waals surface area (Å²) in [6, 6.07) is 21.6. The fraction of sp³-hybridized carbons (Fsp3) is 0.413. The topological polar surface area (TPSA) is 135 Å². The number of aromatic nitrogens is 2. The van der Waals surface area contributed by atoms with Crippen molar-refractivity contribution in [2.45, 2.75) is 103 Å². The highest BCUT2D eigenvalue weighted by Crippen LogP contribution is 2.28. The molecule has 2 aromatic heterocycles. The minimum absolute atomic E-state index is 0.134. The van der Waals surface area contributed by atoms with E-state index in [4.69, 9.17) is 14.3 Å². The quantitative estimate of drug-likeness (QED) is 0.130. The van der Waals surface area contributed by atoms with Gasteiger partial charge in [-0.3, -0.25) is 29.2 Å². The highest BCUT2D eigenvalue weighted by molar-refractivity contribution is 5.98. The summed E-state index contributed by atoms with van der Waals surface area (Å²) in [5.41, 5.74) is 4.35. The van der Waals surface area contributed by atoms with Crippen molar-refractivity contribution in [3.05, 3.63) is 120 Å². The van der Waals surface area contributed by atoms with Gasteiger partial charge < -0.3 is 25.0 Å².